The first-order chi connectivity index (χ1) is 10.5. The van der Waals surface area contributed by atoms with Crippen molar-refractivity contribution in [3.05, 3.63) is 28.8 Å². The Balaban J connectivity index is 2.51. The van der Waals surface area contributed by atoms with Crippen molar-refractivity contribution in [2.45, 2.75) is 71.8 Å². The lowest BCUT2D eigenvalue weighted by Crippen LogP contribution is -2.15. The molecular formula is C20H33NO. The first kappa shape index (κ1) is 17.3. The zero-order chi connectivity index (χ0) is 16.3. The summed E-state index contributed by atoms with van der Waals surface area (Å²) in [5.74, 6) is 2.97. The van der Waals surface area contributed by atoms with Gasteiger partial charge in [0.2, 0.25) is 0 Å². The van der Waals surface area contributed by atoms with Crippen LogP contribution in [0.4, 0.5) is 0 Å². The SMILES string of the molecule is CCC(C)c1cc(C2CC(C)CN2)cc(C(C)CC)c1OC. The molecule has 1 aromatic rings. The molecule has 4 unspecified atom stereocenters. The molecule has 1 N–H and O–H groups in total. The van der Waals surface area contributed by atoms with Crippen LogP contribution in [0.2, 0.25) is 0 Å². The Morgan fingerprint density at radius 2 is 1.68 bits per heavy atom. The quantitative estimate of drug-likeness (QED) is 0.760. The van der Waals surface area contributed by atoms with Crippen LogP contribution in [-0.4, -0.2) is 13.7 Å². The molecule has 124 valence electrons. The lowest BCUT2D eigenvalue weighted by Gasteiger charge is -2.24. The van der Waals surface area contributed by atoms with E-state index in [9.17, 15) is 0 Å². The monoisotopic (exact) mass is 303 g/mol. The van der Waals surface area contributed by atoms with Crippen LogP contribution >= 0.6 is 0 Å². The molecule has 0 amide bonds. The molecule has 1 heterocycles. The van der Waals surface area contributed by atoms with Gasteiger partial charge in [-0.2, -0.15) is 0 Å². The lowest BCUT2D eigenvalue weighted by molar-refractivity contribution is 0.396. The van der Waals surface area contributed by atoms with Crippen molar-refractivity contribution in [2.75, 3.05) is 13.7 Å². The molecule has 0 bridgehead atoms. The molecule has 22 heavy (non-hydrogen) atoms. The van der Waals surface area contributed by atoms with Crippen molar-refractivity contribution in [3.63, 3.8) is 0 Å². The van der Waals surface area contributed by atoms with Gasteiger partial charge in [-0.25, -0.2) is 0 Å². The second kappa shape index (κ2) is 7.50. The highest BCUT2D eigenvalue weighted by atomic mass is 16.5. The minimum absolute atomic E-state index is 0.506. The summed E-state index contributed by atoms with van der Waals surface area (Å²) in [4.78, 5) is 0. The van der Waals surface area contributed by atoms with Crippen LogP contribution in [0.25, 0.3) is 0 Å². The summed E-state index contributed by atoms with van der Waals surface area (Å²) in [5, 5.41) is 3.69. The molecule has 1 aliphatic rings. The van der Waals surface area contributed by atoms with Gasteiger partial charge >= 0.3 is 0 Å². The van der Waals surface area contributed by atoms with Crippen LogP contribution in [0.3, 0.4) is 0 Å². The third-order valence-electron chi connectivity index (χ3n) is 5.41. The van der Waals surface area contributed by atoms with E-state index < -0.39 is 0 Å². The third-order valence-corrected chi connectivity index (χ3v) is 5.41. The van der Waals surface area contributed by atoms with E-state index in [1.165, 1.54) is 23.1 Å². The highest BCUT2D eigenvalue weighted by Gasteiger charge is 2.26. The van der Waals surface area contributed by atoms with Crippen molar-refractivity contribution >= 4 is 0 Å². The van der Waals surface area contributed by atoms with Crippen LogP contribution in [0.5, 0.6) is 5.75 Å². The Labute approximate surface area is 136 Å². The zero-order valence-electron chi connectivity index (χ0n) is 15.2. The summed E-state index contributed by atoms with van der Waals surface area (Å²) in [6, 6.07) is 5.30. The van der Waals surface area contributed by atoms with Crippen molar-refractivity contribution in [1.29, 1.82) is 0 Å². The molecule has 0 saturated carbocycles. The van der Waals surface area contributed by atoms with Crippen molar-refractivity contribution < 1.29 is 4.74 Å². The molecule has 0 aromatic heterocycles. The summed E-state index contributed by atoms with van der Waals surface area (Å²) < 4.78 is 5.84. The standard InChI is InChI=1S/C20H33NO/c1-7-14(4)17-10-16(19-9-13(3)12-21-19)11-18(15(5)8-2)20(17)22-6/h10-11,13-15,19,21H,7-9,12H2,1-6H3. The number of hydrogen-bond acceptors (Lipinski definition) is 2. The highest BCUT2D eigenvalue weighted by Crippen LogP contribution is 2.40. The van der Waals surface area contributed by atoms with Crippen molar-refractivity contribution in [1.82, 2.24) is 5.32 Å². The summed E-state index contributed by atoms with van der Waals surface area (Å²) in [6.45, 7) is 12.6. The fourth-order valence-corrected chi connectivity index (χ4v) is 3.47. The van der Waals surface area contributed by atoms with Crippen molar-refractivity contribution in [3.8, 4) is 5.75 Å². The van der Waals surface area contributed by atoms with E-state index in [-0.39, 0.29) is 0 Å². The van der Waals surface area contributed by atoms with E-state index in [0.29, 0.717) is 17.9 Å². The maximum Gasteiger partial charge on any atom is 0.125 e. The summed E-state index contributed by atoms with van der Waals surface area (Å²) in [6.07, 6.45) is 3.54. The normalized spacial score (nSPS) is 24.3. The minimum Gasteiger partial charge on any atom is -0.496 e. The average Bonchev–Trinajstić information content (AvgIpc) is 2.98. The molecule has 2 rings (SSSR count). The molecule has 1 aliphatic heterocycles. The minimum atomic E-state index is 0.506. The second-order valence-corrected chi connectivity index (χ2v) is 7.15. The Bertz CT molecular complexity index is 465. The van der Waals surface area contributed by atoms with E-state index in [1.54, 1.807) is 0 Å². The molecule has 0 aliphatic carbocycles. The van der Waals surface area contributed by atoms with Crippen LogP contribution in [0.15, 0.2) is 12.1 Å². The van der Waals surface area contributed by atoms with E-state index >= 15 is 0 Å². The Morgan fingerprint density at radius 3 is 2.05 bits per heavy atom. The van der Waals surface area contributed by atoms with Crippen LogP contribution < -0.4 is 10.1 Å². The molecule has 1 fully saturated rings. The zero-order valence-corrected chi connectivity index (χ0v) is 15.2. The first-order valence-electron chi connectivity index (χ1n) is 8.96. The summed E-state index contributed by atoms with van der Waals surface area (Å²) in [5.41, 5.74) is 4.23. The van der Waals surface area contributed by atoms with Crippen LogP contribution in [-0.2, 0) is 0 Å². The lowest BCUT2D eigenvalue weighted by atomic mass is 9.86. The van der Waals surface area contributed by atoms with Crippen LogP contribution in [0, 0.1) is 5.92 Å². The van der Waals surface area contributed by atoms with Gasteiger partial charge in [-0.3, -0.25) is 0 Å². The maximum atomic E-state index is 5.84. The van der Waals surface area contributed by atoms with Gasteiger partial charge in [-0.1, -0.05) is 46.8 Å². The maximum absolute atomic E-state index is 5.84. The number of ether oxygens (including phenoxy) is 1. The van der Waals surface area contributed by atoms with Gasteiger partial charge in [0, 0.05) is 6.04 Å². The molecular weight excluding hydrogens is 270 g/mol. The number of hydrogen-bond donors (Lipinski definition) is 1. The van der Waals surface area contributed by atoms with Crippen molar-refractivity contribution in [2.24, 2.45) is 5.92 Å². The van der Waals surface area contributed by atoms with E-state index in [1.807, 2.05) is 7.11 Å². The van der Waals surface area contributed by atoms with E-state index in [0.717, 1.165) is 31.1 Å². The first-order valence-corrected chi connectivity index (χ1v) is 8.96. The second-order valence-electron chi connectivity index (χ2n) is 7.15. The molecule has 0 radical (unpaired) electrons. The van der Waals surface area contributed by atoms with Gasteiger partial charge < -0.3 is 10.1 Å². The Morgan fingerprint density at radius 1 is 1.14 bits per heavy atom. The molecule has 0 spiro atoms. The average molecular weight is 303 g/mol. The van der Waals surface area contributed by atoms with Crippen LogP contribution in [0.1, 0.15) is 88.4 Å². The molecule has 2 heteroatoms. The highest BCUT2D eigenvalue weighted by molar-refractivity contribution is 5.49. The van der Waals surface area contributed by atoms with Gasteiger partial charge in [0.25, 0.3) is 0 Å². The van der Waals surface area contributed by atoms with Gasteiger partial charge in [0.05, 0.1) is 7.11 Å². The van der Waals surface area contributed by atoms with E-state index in [4.69, 9.17) is 4.74 Å². The topological polar surface area (TPSA) is 21.3 Å². The Hall–Kier alpha value is -1.02. The summed E-state index contributed by atoms with van der Waals surface area (Å²) in [7, 11) is 1.82. The molecule has 1 aromatic carbocycles. The third kappa shape index (κ3) is 3.48. The van der Waals surface area contributed by atoms with E-state index in [2.05, 4.69) is 52.1 Å². The van der Waals surface area contributed by atoms with Gasteiger partial charge in [-0.15, -0.1) is 0 Å². The molecule has 2 nitrogen and oxygen atoms in total. The number of nitrogens with one attached hydrogen (secondary N) is 1. The predicted molar refractivity (Wildman–Crippen MR) is 94.9 cm³/mol. The van der Waals surface area contributed by atoms with Gasteiger partial charge in [0.15, 0.2) is 0 Å². The fraction of sp³-hybridized carbons (Fsp3) is 0.700. The number of methoxy groups -OCH3 is 1. The number of benzene rings is 1. The van der Waals surface area contributed by atoms with Gasteiger partial charge in [0.1, 0.15) is 5.75 Å². The molecule has 4 atom stereocenters. The largest absolute Gasteiger partial charge is 0.496 e. The Kier molecular flexibility index (Phi) is 5.91. The smallest absolute Gasteiger partial charge is 0.125 e. The fourth-order valence-electron chi connectivity index (χ4n) is 3.47. The molecule has 1 saturated heterocycles. The predicted octanol–water partition coefficient (Wildman–Crippen LogP) is 5.39. The van der Waals surface area contributed by atoms with Gasteiger partial charge in [-0.05, 0) is 60.3 Å². The summed E-state index contributed by atoms with van der Waals surface area (Å²) >= 11 is 0. The number of rotatable bonds is 6.